The highest BCUT2D eigenvalue weighted by atomic mass is 16.2. The first-order valence-electron chi connectivity index (χ1n) is 7.98. The van der Waals surface area contributed by atoms with Crippen molar-refractivity contribution >= 4 is 5.91 Å². The second-order valence-corrected chi connectivity index (χ2v) is 7.42. The molecule has 1 amide bonds. The number of hydrogen-bond donors (Lipinski definition) is 2. The van der Waals surface area contributed by atoms with Crippen molar-refractivity contribution in [1.82, 2.24) is 10.2 Å². The Bertz CT molecular complexity index is 314. The van der Waals surface area contributed by atoms with Gasteiger partial charge < -0.3 is 11.1 Å². The van der Waals surface area contributed by atoms with Crippen molar-refractivity contribution in [3.63, 3.8) is 0 Å². The average molecular weight is 283 g/mol. The Morgan fingerprint density at radius 3 is 2.30 bits per heavy atom. The van der Waals surface area contributed by atoms with Crippen molar-refractivity contribution in [2.75, 3.05) is 19.6 Å². The molecular formula is C16H33N3O. The van der Waals surface area contributed by atoms with Crippen LogP contribution in [0.4, 0.5) is 0 Å². The Morgan fingerprint density at radius 2 is 1.90 bits per heavy atom. The van der Waals surface area contributed by atoms with E-state index < -0.39 is 0 Å². The second-order valence-electron chi connectivity index (χ2n) is 7.42. The van der Waals surface area contributed by atoms with Crippen molar-refractivity contribution in [2.45, 2.75) is 71.4 Å². The number of amides is 1. The van der Waals surface area contributed by atoms with Crippen LogP contribution in [-0.4, -0.2) is 41.5 Å². The Kier molecular flexibility index (Phi) is 6.02. The summed E-state index contributed by atoms with van der Waals surface area (Å²) < 4.78 is 0. The Morgan fingerprint density at radius 1 is 1.35 bits per heavy atom. The number of rotatable bonds is 5. The molecule has 0 spiro atoms. The van der Waals surface area contributed by atoms with E-state index in [0.29, 0.717) is 13.1 Å². The maximum atomic E-state index is 12.2. The van der Waals surface area contributed by atoms with Crippen molar-refractivity contribution in [2.24, 2.45) is 11.7 Å². The standard InChI is InChI=1S/C16H33N3O/c1-6-19(11-14(20)18-15(3,4)5)16(12-17)9-7-13(2)8-10-16/h13H,6-12,17H2,1-5H3,(H,18,20). The number of carbonyl (C=O) groups excluding carboxylic acids is 1. The van der Waals surface area contributed by atoms with Crippen molar-refractivity contribution in [1.29, 1.82) is 0 Å². The summed E-state index contributed by atoms with van der Waals surface area (Å²) in [7, 11) is 0. The van der Waals surface area contributed by atoms with Crippen LogP contribution in [-0.2, 0) is 4.79 Å². The van der Waals surface area contributed by atoms with Gasteiger partial charge in [0, 0.05) is 17.6 Å². The summed E-state index contributed by atoms with van der Waals surface area (Å²) in [5, 5.41) is 3.05. The lowest BCUT2D eigenvalue weighted by atomic mass is 9.76. The molecule has 20 heavy (non-hydrogen) atoms. The fourth-order valence-corrected chi connectivity index (χ4v) is 3.19. The molecule has 1 rings (SSSR count). The van der Waals surface area contributed by atoms with Gasteiger partial charge in [0.25, 0.3) is 0 Å². The summed E-state index contributed by atoms with van der Waals surface area (Å²) in [5.74, 6) is 0.891. The molecule has 0 aromatic heterocycles. The molecule has 0 bridgehead atoms. The monoisotopic (exact) mass is 283 g/mol. The zero-order valence-electron chi connectivity index (χ0n) is 14.0. The number of hydrogen-bond acceptors (Lipinski definition) is 3. The molecule has 0 atom stereocenters. The summed E-state index contributed by atoms with van der Waals surface area (Å²) >= 11 is 0. The smallest absolute Gasteiger partial charge is 0.234 e. The molecular weight excluding hydrogens is 250 g/mol. The second kappa shape index (κ2) is 6.90. The molecule has 4 heteroatoms. The Hall–Kier alpha value is -0.610. The number of nitrogens with zero attached hydrogens (tertiary/aromatic N) is 1. The molecule has 0 saturated heterocycles. The Balaban J connectivity index is 2.70. The van der Waals surface area contributed by atoms with Crippen LogP contribution >= 0.6 is 0 Å². The minimum atomic E-state index is -0.173. The number of nitrogens with two attached hydrogens (primary N) is 1. The van der Waals surface area contributed by atoms with E-state index >= 15 is 0 Å². The third-order valence-corrected chi connectivity index (χ3v) is 4.49. The molecule has 0 radical (unpaired) electrons. The zero-order valence-corrected chi connectivity index (χ0v) is 14.0. The summed E-state index contributed by atoms with van der Waals surface area (Å²) in [4.78, 5) is 14.5. The van der Waals surface area contributed by atoms with Gasteiger partial charge in [-0.2, -0.15) is 0 Å². The van der Waals surface area contributed by atoms with Gasteiger partial charge in [-0.05, 0) is 58.9 Å². The van der Waals surface area contributed by atoms with E-state index in [1.54, 1.807) is 0 Å². The summed E-state index contributed by atoms with van der Waals surface area (Å²) in [6, 6.07) is 0. The highest BCUT2D eigenvalue weighted by molar-refractivity contribution is 5.78. The van der Waals surface area contributed by atoms with Crippen LogP contribution in [0, 0.1) is 5.92 Å². The van der Waals surface area contributed by atoms with Gasteiger partial charge in [0.1, 0.15) is 0 Å². The summed E-state index contributed by atoms with van der Waals surface area (Å²) in [6.07, 6.45) is 4.66. The minimum absolute atomic E-state index is 0.0243. The Labute approximate surface area is 124 Å². The average Bonchev–Trinajstić information content (AvgIpc) is 2.35. The van der Waals surface area contributed by atoms with Gasteiger partial charge in [-0.1, -0.05) is 13.8 Å². The normalized spacial score (nSPS) is 27.6. The minimum Gasteiger partial charge on any atom is -0.350 e. The third kappa shape index (κ3) is 4.74. The van der Waals surface area contributed by atoms with E-state index in [1.807, 2.05) is 20.8 Å². The SMILES string of the molecule is CCN(CC(=O)NC(C)(C)C)C1(CN)CCC(C)CC1. The van der Waals surface area contributed by atoms with Crippen LogP contribution in [0.3, 0.4) is 0 Å². The van der Waals surface area contributed by atoms with Crippen LogP contribution in [0.1, 0.15) is 60.3 Å². The molecule has 0 heterocycles. The number of nitrogens with one attached hydrogen (secondary N) is 1. The van der Waals surface area contributed by atoms with Crippen LogP contribution in [0.2, 0.25) is 0 Å². The van der Waals surface area contributed by atoms with Gasteiger partial charge in [0.05, 0.1) is 6.54 Å². The summed E-state index contributed by atoms with van der Waals surface area (Å²) in [5.41, 5.74) is 5.94. The van der Waals surface area contributed by atoms with Gasteiger partial charge in [-0.25, -0.2) is 0 Å². The van der Waals surface area contributed by atoms with Gasteiger partial charge in [-0.3, -0.25) is 9.69 Å². The fourth-order valence-electron chi connectivity index (χ4n) is 3.19. The zero-order chi connectivity index (χ0) is 15.4. The lowest BCUT2D eigenvalue weighted by Gasteiger charge is -2.47. The maximum absolute atomic E-state index is 12.2. The summed E-state index contributed by atoms with van der Waals surface area (Å²) in [6.45, 7) is 12.5. The van der Waals surface area contributed by atoms with Crippen molar-refractivity contribution in [3.8, 4) is 0 Å². The van der Waals surface area contributed by atoms with Crippen LogP contribution < -0.4 is 11.1 Å². The van der Waals surface area contributed by atoms with Crippen molar-refractivity contribution < 1.29 is 4.79 Å². The van der Waals surface area contributed by atoms with E-state index in [4.69, 9.17) is 5.73 Å². The predicted molar refractivity (Wildman–Crippen MR) is 84.6 cm³/mol. The predicted octanol–water partition coefficient (Wildman–Crippen LogP) is 2.13. The molecule has 4 nitrogen and oxygen atoms in total. The lowest BCUT2D eigenvalue weighted by molar-refractivity contribution is -0.125. The van der Waals surface area contributed by atoms with Gasteiger partial charge in [0.2, 0.25) is 5.91 Å². The quantitative estimate of drug-likeness (QED) is 0.812. The highest BCUT2D eigenvalue weighted by Crippen LogP contribution is 2.35. The highest BCUT2D eigenvalue weighted by Gasteiger charge is 2.38. The molecule has 1 fully saturated rings. The first kappa shape index (κ1) is 17.4. The number of likely N-dealkylation sites (N-methyl/N-ethyl adjacent to an activating group) is 1. The maximum Gasteiger partial charge on any atom is 0.234 e. The molecule has 3 N–H and O–H groups in total. The molecule has 0 aliphatic heterocycles. The molecule has 0 aromatic carbocycles. The van der Waals surface area contributed by atoms with Gasteiger partial charge in [0.15, 0.2) is 0 Å². The molecule has 0 aromatic rings. The first-order valence-corrected chi connectivity index (χ1v) is 7.98. The fraction of sp³-hybridized carbons (Fsp3) is 0.938. The third-order valence-electron chi connectivity index (χ3n) is 4.49. The van der Waals surface area contributed by atoms with E-state index in [2.05, 4.69) is 24.1 Å². The van der Waals surface area contributed by atoms with Crippen molar-refractivity contribution in [3.05, 3.63) is 0 Å². The van der Waals surface area contributed by atoms with E-state index in [0.717, 1.165) is 25.3 Å². The molecule has 1 aliphatic rings. The molecule has 118 valence electrons. The van der Waals surface area contributed by atoms with E-state index in [1.165, 1.54) is 12.8 Å². The van der Waals surface area contributed by atoms with Gasteiger partial charge >= 0.3 is 0 Å². The van der Waals surface area contributed by atoms with Crippen LogP contribution in [0.25, 0.3) is 0 Å². The van der Waals surface area contributed by atoms with E-state index in [-0.39, 0.29) is 17.0 Å². The lowest BCUT2D eigenvalue weighted by Crippen LogP contribution is -2.58. The number of carbonyl (C=O) groups is 1. The topological polar surface area (TPSA) is 58.4 Å². The largest absolute Gasteiger partial charge is 0.350 e. The van der Waals surface area contributed by atoms with Gasteiger partial charge in [-0.15, -0.1) is 0 Å². The molecule has 1 saturated carbocycles. The molecule has 1 aliphatic carbocycles. The van der Waals surface area contributed by atoms with Crippen LogP contribution in [0.15, 0.2) is 0 Å². The first-order chi connectivity index (χ1) is 9.22. The van der Waals surface area contributed by atoms with Crippen LogP contribution in [0.5, 0.6) is 0 Å². The molecule has 0 unspecified atom stereocenters. The van der Waals surface area contributed by atoms with E-state index in [9.17, 15) is 4.79 Å².